The zero-order valence-electron chi connectivity index (χ0n) is 16.0. The predicted octanol–water partition coefficient (Wildman–Crippen LogP) is 3.99. The van der Waals surface area contributed by atoms with Crippen molar-refractivity contribution in [1.82, 2.24) is 10.2 Å². The first kappa shape index (κ1) is 19.2. The van der Waals surface area contributed by atoms with Crippen LogP contribution in [0.1, 0.15) is 40.2 Å². The molecule has 0 saturated heterocycles. The maximum absolute atomic E-state index is 12.5. The quantitative estimate of drug-likeness (QED) is 0.466. The van der Waals surface area contributed by atoms with Gasteiger partial charge in [-0.05, 0) is 55.3 Å². The van der Waals surface area contributed by atoms with Gasteiger partial charge in [0, 0.05) is 11.3 Å². The molecule has 0 aliphatic carbocycles. The summed E-state index contributed by atoms with van der Waals surface area (Å²) >= 11 is 1.18. The molecule has 1 atom stereocenters. The molecule has 2 aromatic carbocycles. The molecule has 1 aliphatic rings. The van der Waals surface area contributed by atoms with Crippen molar-refractivity contribution < 1.29 is 18.7 Å². The lowest BCUT2D eigenvalue weighted by atomic mass is 9.99. The van der Waals surface area contributed by atoms with Crippen molar-refractivity contribution >= 4 is 29.1 Å². The summed E-state index contributed by atoms with van der Waals surface area (Å²) in [6.45, 7) is 3.97. The molecule has 0 spiro atoms. The number of Topliss-reactive ketones (excluding diaryl/α,β-unsaturated/α-hetero) is 1. The van der Waals surface area contributed by atoms with Crippen LogP contribution in [-0.4, -0.2) is 27.6 Å². The number of benzene rings is 2. The van der Waals surface area contributed by atoms with E-state index in [4.69, 9.17) is 9.15 Å². The molecule has 1 amide bonds. The molecule has 8 heteroatoms. The second-order valence-electron chi connectivity index (χ2n) is 6.79. The van der Waals surface area contributed by atoms with E-state index in [2.05, 4.69) is 15.5 Å². The van der Waals surface area contributed by atoms with Crippen LogP contribution in [0.15, 0.2) is 52.1 Å². The number of anilines is 1. The van der Waals surface area contributed by atoms with Crippen molar-refractivity contribution in [3.05, 3.63) is 65.0 Å². The molecule has 1 aliphatic heterocycles. The third-order valence-corrected chi connectivity index (χ3v) is 5.44. The van der Waals surface area contributed by atoms with Gasteiger partial charge < -0.3 is 14.5 Å². The molecule has 2 heterocycles. The number of aryl methyl sites for hydroxylation is 1. The van der Waals surface area contributed by atoms with E-state index < -0.39 is 0 Å². The number of nitrogens with zero attached hydrogens (tertiary/aromatic N) is 2. The van der Waals surface area contributed by atoms with Crippen molar-refractivity contribution in [2.45, 2.75) is 31.6 Å². The van der Waals surface area contributed by atoms with Crippen molar-refractivity contribution in [3.8, 4) is 5.75 Å². The van der Waals surface area contributed by atoms with E-state index >= 15 is 0 Å². The summed E-state index contributed by atoms with van der Waals surface area (Å²) in [6.07, 6.45) is 0. The van der Waals surface area contributed by atoms with Crippen LogP contribution in [0.2, 0.25) is 0 Å². The first-order chi connectivity index (χ1) is 14.0. The van der Waals surface area contributed by atoms with Crippen LogP contribution in [0.5, 0.6) is 5.75 Å². The number of hydrogen-bond acceptors (Lipinski definition) is 7. The SMILES string of the molecule is Cc1cccc(OCc2nnc(SCC(=O)c3ccc4c(c3)[C@@H](C)C(=O)N4)o2)c1. The fourth-order valence-electron chi connectivity index (χ4n) is 3.01. The van der Waals surface area contributed by atoms with Crippen LogP contribution in [-0.2, 0) is 11.4 Å². The van der Waals surface area contributed by atoms with Crippen LogP contribution in [0.25, 0.3) is 0 Å². The van der Waals surface area contributed by atoms with Gasteiger partial charge in [0.05, 0.1) is 11.7 Å². The first-order valence-corrected chi connectivity index (χ1v) is 10.1. The van der Waals surface area contributed by atoms with Gasteiger partial charge in [0.15, 0.2) is 12.4 Å². The Morgan fingerprint density at radius 2 is 2.10 bits per heavy atom. The second kappa shape index (κ2) is 8.08. The Hall–Kier alpha value is -3.13. The van der Waals surface area contributed by atoms with Gasteiger partial charge in [0.1, 0.15) is 5.75 Å². The molecule has 29 heavy (non-hydrogen) atoms. The molecular weight excluding hydrogens is 390 g/mol. The molecule has 0 fully saturated rings. The minimum absolute atomic E-state index is 0.0507. The molecule has 7 nitrogen and oxygen atoms in total. The van der Waals surface area contributed by atoms with Crippen molar-refractivity contribution in [3.63, 3.8) is 0 Å². The average molecular weight is 409 g/mol. The molecule has 0 unspecified atom stereocenters. The minimum Gasteiger partial charge on any atom is -0.484 e. The zero-order valence-corrected chi connectivity index (χ0v) is 16.8. The van der Waals surface area contributed by atoms with E-state index in [0.717, 1.165) is 22.6 Å². The Balaban J connectivity index is 1.33. The predicted molar refractivity (Wildman–Crippen MR) is 108 cm³/mol. The largest absolute Gasteiger partial charge is 0.484 e. The number of ketones is 1. The summed E-state index contributed by atoms with van der Waals surface area (Å²) in [5, 5.41) is 11.0. The Bertz CT molecular complexity index is 1080. The summed E-state index contributed by atoms with van der Waals surface area (Å²) in [4.78, 5) is 24.3. The summed E-state index contributed by atoms with van der Waals surface area (Å²) < 4.78 is 11.2. The minimum atomic E-state index is -0.252. The number of carbonyl (C=O) groups is 2. The molecule has 3 aromatic rings. The van der Waals surface area contributed by atoms with Gasteiger partial charge in [-0.3, -0.25) is 9.59 Å². The smallest absolute Gasteiger partial charge is 0.277 e. The van der Waals surface area contributed by atoms with Gasteiger partial charge in [-0.15, -0.1) is 10.2 Å². The standard InChI is InChI=1S/C21H19N3O4S/c1-12-4-3-5-15(8-12)27-10-19-23-24-21(28-19)29-11-18(25)14-6-7-17-16(9-14)13(2)20(26)22-17/h3-9,13H,10-11H2,1-2H3,(H,22,26)/t13-/m1/s1. The van der Waals surface area contributed by atoms with Crippen molar-refractivity contribution in [1.29, 1.82) is 0 Å². The van der Waals surface area contributed by atoms with Gasteiger partial charge in [0.2, 0.25) is 5.91 Å². The third-order valence-electron chi connectivity index (χ3n) is 4.62. The number of aromatic nitrogens is 2. The Morgan fingerprint density at radius 1 is 1.24 bits per heavy atom. The van der Waals surface area contributed by atoms with Crippen LogP contribution in [0.3, 0.4) is 0 Å². The highest BCUT2D eigenvalue weighted by Crippen LogP contribution is 2.33. The van der Waals surface area contributed by atoms with Gasteiger partial charge in [0.25, 0.3) is 11.1 Å². The fraction of sp³-hybridized carbons (Fsp3) is 0.238. The number of nitrogens with one attached hydrogen (secondary N) is 1. The number of amides is 1. The molecule has 0 bridgehead atoms. The van der Waals surface area contributed by atoms with Crippen LogP contribution in [0.4, 0.5) is 5.69 Å². The van der Waals surface area contributed by atoms with Gasteiger partial charge in [-0.2, -0.15) is 0 Å². The van der Waals surface area contributed by atoms with Crippen molar-refractivity contribution in [2.24, 2.45) is 0 Å². The highest BCUT2D eigenvalue weighted by atomic mass is 32.2. The fourth-order valence-corrected chi connectivity index (χ4v) is 3.68. The van der Waals surface area contributed by atoms with E-state index in [1.807, 2.05) is 38.1 Å². The van der Waals surface area contributed by atoms with E-state index in [0.29, 0.717) is 16.7 Å². The van der Waals surface area contributed by atoms with Crippen LogP contribution >= 0.6 is 11.8 Å². The highest BCUT2D eigenvalue weighted by molar-refractivity contribution is 7.99. The lowest BCUT2D eigenvalue weighted by Gasteiger charge is -2.05. The monoisotopic (exact) mass is 409 g/mol. The maximum atomic E-state index is 12.5. The Morgan fingerprint density at radius 3 is 2.93 bits per heavy atom. The van der Waals surface area contributed by atoms with E-state index in [9.17, 15) is 9.59 Å². The topological polar surface area (TPSA) is 94.3 Å². The molecular formula is C21H19N3O4S. The maximum Gasteiger partial charge on any atom is 0.277 e. The molecule has 0 radical (unpaired) electrons. The van der Waals surface area contributed by atoms with E-state index in [1.54, 1.807) is 18.2 Å². The zero-order chi connectivity index (χ0) is 20.4. The summed E-state index contributed by atoms with van der Waals surface area (Å²) in [6, 6.07) is 12.9. The van der Waals surface area contributed by atoms with Gasteiger partial charge in [-0.1, -0.05) is 23.9 Å². The van der Waals surface area contributed by atoms with Crippen LogP contribution < -0.4 is 10.1 Å². The summed E-state index contributed by atoms with van der Waals surface area (Å²) in [5.74, 6) is 0.862. The third kappa shape index (κ3) is 4.32. The number of ether oxygens (including phenoxy) is 1. The first-order valence-electron chi connectivity index (χ1n) is 9.12. The molecule has 4 rings (SSSR count). The summed E-state index contributed by atoms with van der Waals surface area (Å²) in [7, 11) is 0. The molecule has 1 aromatic heterocycles. The number of rotatable bonds is 7. The number of hydrogen-bond donors (Lipinski definition) is 1. The second-order valence-corrected chi connectivity index (χ2v) is 7.72. The normalized spacial score (nSPS) is 15.1. The number of thioether (sulfide) groups is 1. The van der Waals surface area contributed by atoms with E-state index in [1.165, 1.54) is 11.8 Å². The molecule has 148 valence electrons. The lowest BCUT2D eigenvalue weighted by Crippen LogP contribution is -2.08. The summed E-state index contributed by atoms with van der Waals surface area (Å²) in [5.41, 5.74) is 3.27. The highest BCUT2D eigenvalue weighted by Gasteiger charge is 2.27. The average Bonchev–Trinajstić information content (AvgIpc) is 3.29. The number of fused-ring (bicyclic) bond motifs is 1. The van der Waals surface area contributed by atoms with E-state index in [-0.39, 0.29) is 30.0 Å². The Labute approximate surface area is 171 Å². The van der Waals surface area contributed by atoms with Gasteiger partial charge >= 0.3 is 0 Å². The van der Waals surface area contributed by atoms with Crippen LogP contribution in [0, 0.1) is 6.92 Å². The lowest BCUT2D eigenvalue weighted by molar-refractivity contribution is -0.116. The van der Waals surface area contributed by atoms with Crippen molar-refractivity contribution in [2.75, 3.05) is 11.1 Å². The Kier molecular flexibility index (Phi) is 5.35. The molecule has 0 saturated carbocycles. The van der Waals surface area contributed by atoms with Gasteiger partial charge in [-0.25, -0.2) is 0 Å². The molecule has 1 N–H and O–H groups in total. The number of carbonyl (C=O) groups excluding carboxylic acids is 2.